The summed E-state index contributed by atoms with van der Waals surface area (Å²) < 4.78 is 11.5. The van der Waals surface area contributed by atoms with Gasteiger partial charge in [0, 0.05) is 7.05 Å². The lowest BCUT2D eigenvalue weighted by Crippen LogP contribution is -2.50. The number of nitrogens with zero attached hydrogens (tertiary/aromatic N) is 1. The number of aryl methyl sites for hydroxylation is 1. The van der Waals surface area contributed by atoms with Gasteiger partial charge >= 0.3 is 11.7 Å². The van der Waals surface area contributed by atoms with Crippen LogP contribution in [0.3, 0.4) is 0 Å². The summed E-state index contributed by atoms with van der Waals surface area (Å²) in [5, 5.41) is 9.25. The van der Waals surface area contributed by atoms with Gasteiger partial charge in [-0.1, -0.05) is 6.07 Å². The van der Waals surface area contributed by atoms with E-state index in [0.29, 0.717) is 17.5 Å². The first-order valence-corrected chi connectivity index (χ1v) is 5.91. The fraction of sp³-hybridized carbons (Fsp3) is 0.385. The SMILES string of the molecule is Cn1c(=O)oc2cc(CC3(C(=O)O)COC3)ccc21. The molecule has 0 atom stereocenters. The van der Waals surface area contributed by atoms with Crippen LogP contribution in [0.15, 0.2) is 27.4 Å². The largest absolute Gasteiger partial charge is 0.481 e. The molecule has 0 aliphatic carbocycles. The van der Waals surface area contributed by atoms with Gasteiger partial charge < -0.3 is 14.3 Å². The van der Waals surface area contributed by atoms with Crippen molar-refractivity contribution in [2.45, 2.75) is 6.42 Å². The quantitative estimate of drug-likeness (QED) is 0.884. The molecule has 0 radical (unpaired) electrons. The zero-order valence-corrected chi connectivity index (χ0v) is 10.4. The molecule has 0 bridgehead atoms. The molecule has 6 heteroatoms. The van der Waals surface area contributed by atoms with Gasteiger partial charge in [0.25, 0.3) is 0 Å². The molecule has 1 aromatic carbocycles. The van der Waals surface area contributed by atoms with E-state index in [1.807, 2.05) is 6.07 Å². The summed E-state index contributed by atoms with van der Waals surface area (Å²) in [5.41, 5.74) is 1.16. The molecule has 1 saturated heterocycles. The second-order valence-electron chi connectivity index (χ2n) is 4.98. The fourth-order valence-electron chi connectivity index (χ4n) is 2.33. The van der Waals surface area contributed by atoms with E-state index < -0.39 is 17.1 Å². The summed E-state index contributed by atoms with van der Waals surface area (Å²) in [4.78, 5) is 22.7. The third-order valence-electron chi connectivity index (χ3n) is 3.61. The smallest absolute Gasteiger partial charge is 0.419 e. The highest BCUT2D eigenvalue weighted by Crippen LogP contribution is 2.32. The molecule has 0 saturated carbocycles. The average molecular weight is 263 g/mol. The first-order chi connectivity index (χ1) is 9.02. The molecule has 3 rings (SSSR count). The Morgan fingerprint density at radius 1 is 1.47 bits per heavy atom. The van der Waals surface area contributed by atoms with Gasteiger partial charge in [-0.2, -0.15) is 0 Å². The van der Waals surface area contributed by atoms with Crippen molar-refractivity contribution in [3.63, 3.8) is 0 Å². The van der Waals surface area contributed by atoms with Crippen LogP contribution < -0.4 is 5.76 Å². The molecule has 1 aliphatic rings. The van der Waals surface area contributed by atoms with Gasteiger partial charge in [-0.3, -0.25) is 9.36 Å². The lowest BCUT2D eigenvalue weighted by molar-refractivity contribution is -0.179. The molecular weight excluding hydrogens is 250 g/mol. The second kappa shape index (κ2) is 3.96. The number of aliphatic carboxylic acids is 1. The minimum atomic E-state index is -0.853. The maximum absolute atomic E-state index is 11.4. The Morgan fingerprint density at radius 3 is 2.79 bits per heavy atom. The Bertz CT molecular complexity index is 707. The molecular formula is C13H13NO5. The van der Waals surface area contributed by atoms with Gasteiger partial charge in [-0.25, -0.2) is 4.79 Å². The number of rotatable bonds is 3. The van der Waals surface area contributed by atoms with E-state index in [1.165, 1.54) is 4.57 Å². The van der Waals surface area contributed by atoms with Gasteiger partial charge in [-0.15, -0.1) is 0 Å². The maximum atomic E-state index is 11.4. The van der Waals surface area contributed by atoms with Crippen LogP contribution >= 0.6 is 0 Å². The number of carboxylic acid groups (broad SMARTS) is 1. The zero-order valence-electron chi connectivity index (χ0n) is 10.4. The first-order valence-electron chi connectivity index (χ1n) is 5.91. The normalized spacial score (nSPS) is 17.3. The van der Waals surface area contributed by atoms with E-state index >= 15 is 0 Å². The monoisotopic (exact) mass is 263 g/mol. The number of benzene rings is 1. The first kappa shape index (κ1) is 12.0. The Hall–Kier alpha value is -2.08. The number of oxazole rings is 1. The van der Waals surface area contributed by atoms with Crippen LogP contribution in [0.5, 0.6) is 0 Å². The minimum absolute atomic E-state index is 0.221. The Kier molecular flexibility index (Phi) is 2.50. The number of aromatic nitrogens is 1. The molecule has 1 fully saturated rings. The van der Waals surface area contributed by atoms with Gasteiger partial charge in [0.15, 0.2) is 5.58 Å². The van der Waals surface area contributed by atoms with E-state index in [-0.39, 0.29) is 13.2 Å². The second-order valence-corrected chi connectivity index (χ2v) is 4.98. The van der Waals surface area contributed by atoms with E-state index in [2.05, 4.69) is 0 Å². The van der Waals surface area contributed by atoms with Crippen molar-refractivity contribution < 1.29 is 19.1 Å². The minimum Gasteiger partial charge on any atom is -0.481 e. The molecule has 0 spiro atoms. The molecule has 1 N–H and O–H groups in total. The van der Waals surface area contributed by atoms with Crippen molar-refractivity contribution in [1.82, 2.24) is 4.57 Å². The van der Waals surface area contributed by atoms with Crippen LogP contribution in [-0.4, -0.2) is 28.9 Å². The molecule has 2 heterocycles. The van der Waals surface area contributed by atoms with Crippen molar-refractivity contribution in [2.24, 2.45) is 12.5 Å². The molecule has 6 nitrogen and oxygen atoms in total. The van der Waals surface area contributed by atoms with Crippen LogP contribution in [0.1, 0.15) is 5.56 Å². The predicted molar refractivity (Wildman–Crippen MR) is 66.0 cm³/mol. The standard InChI is InChI=1S/C13H13NO5/c1-14-9-3-2-8(4-10(9)19-12(14)17)5-13(11(15)16)6-18-7-13/h2-4H,5-7H2,1H3,(H,15,16). The molecule has 1 aromatic heterocycles. The maximum Gasteiger partial charge on any atom is 0.419 e. The summed E-state index contributed by atoms with van der Waals surface area (Å²) in [6.07, 6.45) is 0.372. The van der Waals surface area contributed by atoms with Crippen molar-refractivity contribution in [1.29, 1.82) is 0 Å². The molecule has 2 aromatic rings. The van der Waals surface area contributed by atoms with Crippen LogP contribution in [0.4, 0.5) is 0 Å². The number of hydrogen-bond acceptors (Lipinski definition) is 4. The van der Waals surface area contributed by atoms with Crippen molar-refractivity contribution in [3.8, 4) is 0 Å². The van der Waals surface area contributed by atoms with Gasteiger partial charge in [0.1, 0.15) is 5.41 Å². The average Bonchev–Trinajstić information content (AvgIpc) is 2.59. The van der Waals surface area contributed by atoms with Crippen molar-refractivity contribution in [3.05, 3.63) is 34.3 Å². The highest BCUT2D eigenvalue weighted by molar-refractivity contribution is 5.77. The third kappa shape index (κ3) is 1.76. The Morgan fingerprint density at radius 2 is 2.21 bits per heavy atom. The summed E-state index contributed by atoms with van der Waals surface area (Å²) in [5.74, 6) is -1.28. The van der Waals surface area contributed by atoms with E-state index in [9.17, 15) is 14.7 Å². The number of ether oxygens (including phenoxy) is 1. The molecule has 0 amide bonds. The topological polar surface area (TPSA) is 81.7 Å². The van der Waals surface area contributed by atoms with E-state index in [1.54, 1.807) is 19.2 Å². The highest BCUT2D eigenvalue weighted by Gasteiger charge is 2.46. The lowest BCUT2D eigenvalue weighted by Gasteiger charge is -2.37. The zero-order chi connectivity index (χ0) is 13.6. The Balaban J connectivity index is 1.98. The van der Waals surface area contributed by atoms with Crippen molar-refractivity contribution in [2.75, 3.05) is 13.2 Å². The third-order valence-corrected chi connectivity index (χ3v) is 3.61. The molecule has 100 valence electrons. The van der Waals surface area contributed by atoms with Gasteiger partial charge in [-0.05, 0) is 24.1 Å². The van der Waals surface area contributed by atoms with Crippen LogP contribution in [0.25, 0.3) is 11.1 Å². The fourth-order valence-corrected chi connectivity index (χ4v) is 2.33. The number of hydrogen-bond donors (Lipinski definition) is 1. The summed E-state index contributed by atoms with van der Waals surface area (Å²) in [6.45, 7) is 0.443. The summed E-state index contributed by atoms with van der Waals surface area (Å²) >= 11 is 0. The van der Waals surface area contributed by atoms with Crippen molar-refractivity contribution >= 4 is 17.1 Å². The molecule has 19 heavy (non-hydrogen) atoms. The lowest BCUT2D eigenvalue weighted by atomic mass is 9.80. The highest BCUT2D eigenvalue weighted by atomic mass is 16.5. The number of fused-ring (bicyclic) bond motifs is 1. The number of carbonyl (C=O) groups is 1. The molecule has 1 aliphatic heterocycles. The predicted octanol–water partition coefficient (Wildman–Crippen LogP) is 0.775. The van der Waals surface area contributed by atoms with Crippen LogP contribution in [0.2, 0.25) is 0 Å². The van der Waals surface area contributed by atoms with E-state index in [4.69, 9.17) is 9.15 Å². The van der Waals surface area contributed by atoms with E-state index in [0.717, 1.165) is 5.56 Å². The summed E-state index contributed by atoms with van der Waals surface area (Å²) in [7, 11) is 1.63. The van der Waals surface area contributed by atoms with Crippen LogP contribution in [0, 0.1) is 5.41 Å². The van der Waals surface area contributed by atoms with Crippen LogP contribution in [-0.2, 0) is 23.0 Å². The summed E-state index contributed by atoms with van der Waals surface area (Å²) in [6, 6.07) is 5.31. The van der Waals surface area contributed by atoms with Gasteiger partial charge in [0.05, 0.1) is 18.7 Å². The Labute approximate surface area is 108 Å². The number of carboxylic acids is 1. The van der Waals surface area contributed by atoms with Gasteiger partial charge in [0.2, 0.25) is 0 Å². The molecule has 0 unspecified atom stereocenters.